The summed E-state index contributed by atoms with van der Waals surface area (Å²) in [4.78, 5) is 16.7. The standard InChI is InChI=1S/C18H24N4O2/c1-21-12-15(23)9-18(17(21)24)5-7-22(8-6-18)11-14-4-2-3-13-10-19-20-16(13)14/h2-4,10,15,23H,5-9,11-12H2,1H3,(H,19,20). The maximum atomic E-state index is 12.6. The zero-order valence-electron chi connectivity index (χ0n) is 14.0. The fourth-order valence-corrected chi connectivity index (χ4v) is 4.37. The topological polar surface area (TPSA) is 72.5 Å². The number of aliphatic hydroxyl groups is 1. The lowest BCUT2D eigenvalue weighted by atomic mass is 9.71. The first kappa shape index (κ1) is 15.6. The molecule has 6 heteroatoms. The first-order valence-corrected chi connectivity index (χ1v) is 8.64. The lowest BCUT2D eigenvalue weighted by molar-refractivity contribution is -0.154. The molecule has 1 aromatic heterocycles. The third-order valence-electron chi connectivity index (χ3n) is 5.68. The molecule has 1 amide bonds. The number of aliphatic hydroxyl groups excluding tert-OH is 1. The number of aromatic amines is 1. The van der Waals surface area contributed by atoms with E-state index in [0.29, 0.717) is 13.0 Å². The Kier molecular flexibility index (Phi) is 3.81. The van der Waals surface area contributed by atoms with Crippen molar-refractivity contribution in [2.24, 2.45) is 5.41 Å². The molecule has 3 heterocycles. The van der Waals surface area contributed by atoms with Gasteiger partial charge in [0, 0.05) is 25.5 Å². The van der Waals surface area contributed by atoms with Crippen molar-refractivity contribution in [2.45, 2.75) is 31.9 Å². The van der Waals surface area contributed by atoms with Crippen LogP contribution in [0, 0.1) is 5.41 Å². The van der Waals surface area contributed by atoms with E-state index in [4.69, 9.17) is 0 Å². The molecule has 0 aliphatic carbocycles. The van der Waals surface area contributed by atoms with E-state index in [2.05, 4.69) is 33.3 Å². The van der Waals surface area contributed by atoms with Crippen molar-refractivity contribution in [1.82, 2.24) is 20.0 Å². The van der Waals surface area contributed by atoms with E-state index < -0.39 is 6.10 Å². The molecular formula is C18H24N4O2. The van der Waals surface area contributed by atoms with Gasteiger partial charge in [0.25, 0.3) is 0 Å². The summed E-state index contributed by atoms with van der Waals surface area (Å²) in [6.07, 6.45) is 3.72. The molecule has 4 rings (SSSR count). The largest absolute Gasteiger partial charge is 0.391 e. The molecule has 2 aliphatic rings. The molecule has 2 fully saturated rings. The summed E-state index contributed by atoms with van der Waals surface area (Å²) in [5.41, 5.74) is 1.98. The molecule has 0 radical (unpaired) electrons. The maximum absolute atomic E-state index is 12.6. The van der Waals surface area contributed by atoms with Crippen LogP contribution < -0.4 is 0 Å². The normalized spacial score (nSPS) is 24.8. The third kappa shape index (κ3) is 2.59. The monoisotopic (exact) mass is 328 g/mol. The van der Waals surface area contributed by atoms with E-state index in [1.807, 2.05) is 6.20 Å². The van der Waals surface area contributed by atoms with Gasteiger partial charge in [0.1, 0.15) is 0 Å². The van der Waals surface area contributed by atoms with Crippen LogP contribution in [0.25, 0.3) is 10.9 Å². The number of para-hydroxylation sites is 1. The van der Waals surface area contributed by atoms with Gasteiger partial charge in [-0.25, -0.2) is 0 Å². The molecule has 0 bridgehead atoms. The Hall–Kier alpha value is -1.92. The zero-order chi connectivity index (χ0) is 16.7. The van der Waals surface area contributed by atoms with Crippen LogP contribution in [0.2, 0.25) is 0 Å². The highest BCUT2D eigenvalue weighted by Gasteiger charge is 2.47. The molecule has 2 N–H and O–H groups in total. The fourth-order valence-electron chi connectivity index (χ4n) is 4.37. The van der Waals surface area contributed by atoms with E-state index in [0.717, 1.165) is 43.4 Å². The number of carbonyl (C=O) groups excluding carboxylic acids is 1. The first-order chi connectivity index (χ1) is 11.6. The molecule has 2 aliphatic heterocycles. The molecule has 1 unspecified atom stereocenters. The SMILES string of the molecule is CN1CC(O)CC2(CCN(Cc3cccc4cn[nH]c34)CC2)C1=O. The van der Waals surface area contributed by atoms with Gasteiger partial charge in [-0.3, -0.25) is 14.8 Å². The van der Waals surface area contributed by atoms with E-state index >= 15 is 0 Å². The van der Waals surface area contributed by atoms with E-state index in [-0.39, 0.29) is 11.3 Å². The first-order valence-electron chi connectivity index (χ1n) is 8.64. The summed E-state index contributed by atoms with van der Waals surface area (Å²) in [6.45, 7) is 3.10. The minimum Gasteiger partial charge on any atom is -0.391 e. The molecule has 1 spiro atoms. The van der Waals surface area contributed by atoms with Gasteiger partial charge in [0.05, 0.1) is 23.2 Å². The molecule has 24 heavy (non-hydrogen) atoms. The van der Waals surface area contributed by atoms with Gasteiger partial charge in [-0.05, 0) is 37.9 Å². The van der Waals surface area contributed by atoms with Gasteiger partial charge in [-0.1, -0.05) is 18.2 Å². The van der Waals surface area contributed by atoms with Crippen molar-refractivity contribution in [1.29, 1.82) is 0 Å². The van der Waals surface area contributed by atoms with Gasteiger partial charge in [-0.2, -0.15) is 5.10 Å². The summed E-state index contributed by atoms with van der Waals surface area (Å²) in [5.74, 6) is 0.211. The number of nitrogens with zero attached hydrogens (tertiary/aromatic N) is 3. The molecule has 128 valence electrons. The number of likely N-dealkylation sites (N-methyl/N-ethyl adjacent to an activating group) is 1. The molecule has 2 saturated heterocycles. The number of hydrogen-bond donors (Lipinski definition) is 2. The number of benzene rings is 1. The Bertz CT molecular complexity index is 748. The van der Waals surface area contributed by atoms with E-state index in [1.54, 1.807) is 11.9 Å². The van der Waals surface area contributed by atoms with Gasteiger partial charge in [0.2, 0.25) is 5.91 Å². The number of aromatic nitrogens is 2. The minimum atomic E-state index is -0.391. The Morgan fingerprint density at radius 1 is 1.38 bits per heavy atom. The van der Waals surface area contributed by atoms with Crippen LogP contribution in [0.4, 0.5) is 0 Å². The van der Waals surface area contributed by atoms with E-state index in [1.165, 1.54) is 5.56 Å². The van der Waals surface area contributed by atoms with Gasteiger partial charge in [-0.15, -0.1) is 0 Å². The van der Waals surface area contributed by atoms with Crippen molar-refractivity contribution >= 4 is 16.8 Å². The van der Waals surface area contributed by atoms with Crippen molar-refractivity contribution in [3.8, 4) is 0 Å². The quantitative estimate of drug-likeness (QED) is 0.873. The van der Waals surface area contributed by atoms with Crippen LogP contribution in [-0.4, -0.2) is 63.8 Å². The summed E-state index contributed by atoms with van der Waals surface area (Å²) in [5, 5.41) is 18.4. The Labute approximate surface area is 141 Å². The lowest BCUT2D eigenvalue weighted by Crippen LogP contribution is -2.56. The predicted molar refractivity (Wildman–Crippen MR) is 91.3 cm³/mol. The molecule has 1 atom stereocenters. The highest BCUT2D eigenvalue weighted by Crippen LogP contribution is 2.41. The number of β-amino-alcohol motifs (C(OH)–C–C–N with tert-alkyl or cyclic N) is 1. The molecule has 6 nitrogen and oxygen atoms in total. The van der Waals surface area contributed by atoms with Crippen molar-refractivity contribution in [3.63, 3.8) is 0 Å². The number of amides is 1. The van der Waals surface area contributed by atoms with Crippen LogP contribution in [-0.2, 0) is 11.3 Å². The molecular weight excluding hydrogens is 304 g/mol. The second-order valence-corrected chi connectivity index (χ2v) is 7.35. The number of fused-ring (bicyclic) bond motifs is 1. The number of nitrogens with one attached hydrogen (secondary N) is 1. The number of likely N-dealkylation sites (tertiary alicyclic amines) is 2. The van der Waals surface area contributed by atoms with Crippen LogP contribution in [0.15, 0.2) is 24.4 Å². The second kappa shape index (κ2) is 5.86. The summed E-state index contributed by atoms with van der Waals surface area (Å²) in [6, 6.07) is 6.26. The maximum Gasteiger partial charge on any atom is 0.228 e. The lowest BCUT2D eigenvalue weighted by Gasteiger charge is -2.47. The highest BCUT2D eigenvalue weighted by atomic mass is 16.3. The summed E-state index contributed by atoms with van der Waals surface area (Å²) >= 11 is 0. The molecule has 1 aromatic carbocycles. The van der Waals surface area contributed by atoms with Crippen molar-refractivity contribution in [3.05, 3.63) is 30.0 Å². The predicted octanol–water partition coefficient (Wildman–Crippen LogP) is 1.37. The van der Waals surface area contributed by atoms with Gasteiger partial charge >= 0.3 is 0 Å². The Balaban J connectivity index is 1.46. The zero-order valence-corrected chi connectivity index (χ0v) is 14.0. The number of H-pyrrole nitrogens is 1. The average molecular weight is 328 g/mol. The van der Waals surface area contributed by atoms with Gasteiger partial charge < -0.3 is 10.0 Å². The number of hydrogen-bond acceptors (Lipinski definition) is 4. The van der Waals surface area contributed by atoms with Crippen LogP contribution in [0.5, 0.6) is 0 Å². The fraction of sp³-hybridized carbons (Fsp3) is 0.556. The van der Waals surface area contributed by atoms with Crippen LogP contribution in [0.1, 0.15) is 24.8 Å². The van der Waals surface area contributed by atoms with E-state index in [9.17, 15) is 9.90 Å². The number of piperidine rings is 2. The van der Waals surface area contributed by atoms with Crippen molar-refractivity contribution < 1.29 is 9.90 Å². The summed E-state index contributed by atoms with van der Waals surface area (Å²) in [7, 11) is 1.80. The van der Waals surface area contributed by atoms with Gasteiger partial charge in [0.15, 0.2) is 0 Å². The number of carbonyl (C=O) groups is 1. The third-order valence-corrected chi connectivity index (χ3v) is 5.68. The van der Waals surface area contributed by atoms with Crippen LogP contribution in [0.3, 0.4) is 0 Å². The Morgan fingerprint density at radius 3 is 2.96 bits per heavy atom. The van der Waals surface area contributed by atoms with Crippen LogP contribution >= 0.6 is 0 Å². The number of rotatable bonds is 2. The summed E-state index contributed by atoms with van der Waals surface area (Å²) < 4.78 is 0. The molecule has 2 aromatic rings. The minimum absolute atomic E-state index is 0.211. The van der Waals surface area contributed by atoms with Crippen molar-refractivity contribution in [2.75, 3.05) is 26.7 Å². The molecule has 0 saturated carbocycles. The Morgan fingerprint density at radius 2 is 2.17 bits per heavy atom. The average Bonchev–Trinajstić information content (AvgIpc) is 3.04. The second-order valence-electron chi connectivity index (χ2n) is 7.35. The highest BCUT2D eigenvalue weighted by molar-refractivity contribution is 5.83. The smallest absolute Gasteiger partial charge is 0.228 e.